The van der Waals surface area contributed by atoms with Crippen LogP contribution in [-0.4, -0.2) is 13.6 Å². The summed E-state index contributed by atoms with van der Waals surface area (Å²) in [7, 11) is 1.99. The van der Waals surface area contributed by atoms with Crippen LogP contribution in [0, 0.1) is 6.92 Å². The molecule has 80 valence electrons. The van der Waals surface area contributed by atoms with Gasteiger partial charge in [-0.3, -0.25) is 0 Å². The third-order valence-electron chi connectivity index (χ3n) is 2.60. The second-order valence-corrected chi connectivity index (χ2v) is 3.94. The molecule has 15 heavy (non-hydrogen) atoms. The third-order valence-corrected chi connectivity index (χ3v) is 2.60. The van der Waals surface area contributed by atoms with E-state index in [0.717, 1.165) is 24.3 Å². The van der Waals surface area contributed by atoms with E-state index in [1.54, 1.807) is 0 Å². The first-order chi connectivity index (χ1) is 7.29. The lowest BCUT2D eigenvalue weighted by Crippen LogP contribution is -2.08. The molecule has 0 radical (unpaired) electrons. The zero-order valence-electron chi connectivity index (χ0n) is 9.34. The monoisotopic (exact) mass is 203 g/mol. The average molecular weight is 203 g/mol. The zero-order chi connectivity index (χ0) is 10.7. The van der Waals surface area contributed by atoms with Gasteiger partial charge in [0.2, 0.25) is 0 Å². The highest BCUT2D eigenvalue weighted by Crippen LogP contribution is 2.20. The predicted molar refractivity (Wildman–Crippen MR) is 63.2 cm³/mol. The lowest BCUT2D eigenvalue weighted by molar-refractivity contribution is 0.578. The third kappa shape index (κ3) is 2.39. The summed E-state index contributed by atoms with van der Waals surface area (Å²) in [5.74, 6) is 0.984. The van der Waals surface area contributed by atoms with Crippen molar-refractivity contribution in [3.05, 3.63) is 35.6 Å². The van der Waals surface area contributed by atoms with Gasteiger partial charge in [0, 0.05) is 5.39 Å². The molecule has 2 nitrogen and oxygen atoms in total. The van der Waals surface area contributed by atoms with Crippen molar-refractivity contribution in [2.24, 2.45) is 0 Å². The van der Waals surface area contributed by atoms with E-state index in [2.05, 4.69) is 29.6 Å². The molecule has 0 fully saturated rings. The Morgan fingerprint density at radius 2 is 2.13 bits per heavy atom. The molecule has 1 heterocycles. The van der Waals surface area contributed by atoms with Gasteiger partial charge in [-0.25, -0.2) is 0 Å². The topological polar surface area (TPSA) is 25.2 Å². The van der Waals surface area contributed by atoms with Crippen LogP contribution in [0.15, 0.2) is 28.7 Å². The molecule has 2 aromatic rings. The Morgan fingerprint density at radius 3 is 2.93 bits per heavy atom. The Kier molecular flexibility index (Phi) is 3.07. The Hall–Kier alpha value is -1.28. The zero-order valence-corrected chi connectivity index (χ0v) is 9.34. The van der Waals surface area contributed by atoms with E-state index in [4.69, 9.17) is 4.42 Å². The second kappa shape index (κ2) is 4.49. The first-order valence-electron chi connectivity index (χ1n) is 5.43. The van der Waals surface area contributed by atoms with Crippen molar-refractivity contribution in [3.63, 3.8) is 0 Å². The summed E-state index contributed by atoms with van der Waals surface area (Å²) in [6, 6.07) is 8.54. The van der Waals surface area contributed by atoms with E-state index in [1.165, 1.54) is 17.4 Å². The molecule has 0 aliphatic carbocycles. The van der Waals surface area contributed by atoms with Crippen LogP contribution in [0.5, 0.6) is 0 Å². The van der Waals surface area contributed by atoms with E-state index in [9.17, 15) is 0 Å². The van der Waals surface area contributed by atoms with Gasteiger partial charge in [0.15, 0.2) is 0 Å². The van der Waals surface area contributed by atoms with Gasteiger partial charge >= 0.3 is 0 Å². The van der Waals surface area contributed by atoms with Crippen LogP contribution >= 0.6 is 0 Å². The molecule has 0 saturated heterocycles. The first kappa shape index (κ1) is 10.2. The maximum absolute atomic E-state index is 5.54. The summed E-state index contributed by atoms with van der Waals surface area (Å²) in [5.41, 5.74) is 2.38. The van der Waals surface area contributed by atoms with Crippen molar-refractivity contribution < 1.29 is 4.42 Å². The number of furan rings is 1. The van der Waals surface area contributed by atoms with Crippen LogP contribution in [0.25, 0.3) is 11.0 Å². The van der Waals surface area contributed by atoms with E-state index in [-0.39, 0.29) is 0 Å². The number of rotatable bonds is 4. The quantitative estimate of drug-likeness (QED) is 0.773. The Labute approximate surface area is 90.3 Å². The maximum Gasteiger partial charge on any atom is 0.134 e. The van der Waals surface area contributed by atoms with Crippen molar-refractivity contribution in [1.82, 2.24) is 5.32 Å². The highest BCUT2D eigenvalue weighted by molar-refractivity contribution is 5.78. The number of aryl methyl sites for hydroxylation is 2. The summed E-state index contributed by atoms with van der Waals surface area (Å²) < 4.78 is 5.54. The molecular formula is C13H17NO. The van der Waals surface area contributed by atoms with Crippen LogP contribution in [0.1, 0.15) is 17.7 Å². The summed E-state index contributed by atoms with van der Waals surface area (Å²) in [5, 5.41) is 4.38. The molecular weight excluding hydrogens is 186 g/mol. The number of fused-ring (bicyclic) bond motifs is 1. The van der Waals surface area contributed by atoms with Crippen LogP contribution in [0.4, 0.5) is 0 Å². The SMILES string of the molecule is CNCCCc1ccc2oc(C)cc2c1. The Balaban J connectivity index is 2.15. The molecule has 0 unspecified atom stereocenters. The molecule has 1 N–H and O–H groups in total. The minimum atomic E-state index is 0.984. The molecule has 0 aliphatic rings. The molecule has 1 aromatic heterocycles. The van der Waals surface area contributed by atoms with Crippen molar-refractivity contribution >= 4 is 11.0 Å². The van der Waals surface area contributed by atoms with Crippen LogP contribution < -0.4 is 5.32 Å². The summed E-state index contributed by atoms with van der Waals surface area (Å²) >= 11 is 0. The standard InChI is InChI=1S/C13H17NO/c1-10-8-12-9-11(4-3-7-14-2)5-6-13(12)15-10/h5-6,8-9,14H,3-4,7H2,1-2H3. The van der Waals surface area contributed by atoms with Gasteiger partial charge in [0.1, 0.15) is 11.3 Å². The molecule has 0 spiro atoms. The normalized spacial score (nSPS) is 11.1. The van der Waals surface area contributed by atoms with E-state index < -0.39 is 0 Å². The fraction of sp³-hybridized carbons (Fsp3) is 0.385. The van der Waals surface area contributed by atoms with Gasteiger partial charge < -0.3 is 9.73 Å². The smallest absolute Gasteiger partial charge is 0.134 e. The highest BCUT2D eigenvalue weighted by Gasteiger charge is 2.01. The second-order valence-electron chi connectivity index (χ2n) is 3.94. The molecule has 1 aromatic carbocycles. The predicted octanol–water partition coefficient (Wildman–Crippen LogP) is 2.89. The highest BCUT2D eigenvalue weighted by atomic mass is 16.3. The molecule has 0 amide bonds. The van der Waals surface area contributed by atoms with Gasteiger partial charge in [-0.15, -0.1) is 0 Å². The number of hydrogen-bond donors (Lipinski definition) is 1. The van der Waals surface area contributed by atoms with Crippen LogP contribution in [0.3, 0.4) is 0 Å². The molecule has 0 bridgehead atoms. The van der Waals surface area contributed by atoms with Crippen molar-refractivity contribution in [2.45, 2.75) is 19.8 Å². The van der Waals surface area contributed by atoms with Gasteiger partial charge in [-0.1, -0.05) is 6.07 Å². The molecule has 0 aliphatic heterocycles. The van der Waals surface area contributed by atoms with E-state index in [1.807, 2.05) is 14.0 Å². The minimum Gasteiger partial charge on any atom is -0.461 e. The van der Waals surface area contributed by atoms with Crippen LogP contribution in [0.2, 0.25) is 0 Å². The van der Waals surface area contributed by atoms with Gasteiger partial charge in [-0.05, 0) is 57.1 Å². The Morgan fingerprint density at radius 1 is 1.27 bits per heavy atom. The first-order valence-corrected chi connectivity index (χ1v) is 5.43. The van der Waals surface area contributed by atoms with E-state index in [0.29, 0.717) is 0 Å². The number of benzene rings is 1. The van der Waals surface area contributed by atoms with Crippen LogP contribution in [-0.2, 0) is 6.42 Å². The van der Waals surface area contributed by atoms with Gasteiger partial charge in [0.25, 0.3) is 0 Å². The lowest BCUT2D eigenvalue weighted by atomic mass is 10.1. The largest absolute Gasteiger partial charge is 0.461 e. The summed E-state index contributed by atoms with van der Waals surface area (Å²) in [6.45, 7) is 3.06. The van der Waals surface area contributed by atoms with Crippen molar-refractivity contribution in [1.29, 1.82) is 0 Å². The van der Waals surface area contributed by atoms with Crippen molar-refractivity contribution in [2.75, 3.05) is 13.6 Å². The minimum absolute atomic E-state index is 0.984. The van der Waals surface area contributed by atoms with Gasteiger partial charge in [0.05, 0.1) is 0 Å². The fourth-order valence-corrected chi connectivity index (χ4v) is 1.85. The molecule has 2 heteroatoms. The lowest BCUT2D eigenvalue weighted by Gasteiger charge is -2.00. The summed E-state index contributed by atoms with van der Waals surface area (Å²) in [4.78, 5) is 0. The number of hydrogen-bond acceptors (Lipinski definition) is 2. The molecule has 2 rings (SSSR count). The molecule has 0 atom stereocenters. The fourth-order valence-electron chi connectivity index (χ4n) is 1.85. The summed E-state index contributed by atoms with van der Waals surface area (Å²) in [6.07, 6.45) is 2.31. The number of nitrogens with one attached hydrogen (secondary N) is 1. The maximum atomic E-state index is 5.54. The average Bonchev–Trinajstić information content (AvgIpc) is 2.57. The van der Waals surface area contributed by atoms with Crippen molar-refractivity contribution in [3.8, 4) is 0 Å². The molecule has 0 saturated carbocycles. The van der Waals surface area contributed by atoms with Gasteiger partial charge in [-0.2, -0.15) is 0 Å². The Bertz CT molecular complexity index is 445. The van der Waals surface area contributed by atoms with E-state index >= 15 is 0 Å².